The number of likely N-dealkylation sites (tertiary alicyclic amines) is 1. The molecule has 0 radical (unpaired) electrons. The third-order valence-corrected chi connectivity index (χ3v) is 5.41. The Hall–Kier alpha value is -1.01. The van der Waals surface area contributed by atoms with E-state index >= 15 is 0 Å². The molecule has 2 rings (SSSR count). The molecule has 7 heteroatoms. The van der Waals surface area contributed by atoms with Crippen molar-refractivity contribution in [3.05, 3.63) is 17.6 Å². The summed E-state index contributed by atoms with van der Waals surface area (Å²) in [6.07, 6.45) is 2.03. The van der Waals surface area contributed by atoms with E-state index in [1.54, 1.807) is 4.90 Å². The first-order valence-corrected chi connectivity index (χ1v) is 8.89. The molecule has 1 saturated heterocycles. The lowest BCUT2D eigenvalue weighted by molar-refractivity contribution is 0.0518. The van der Waals surface area contributed by atoms with Gasteiger partial charge in [0.25, 0.3) is 15.0 Å². The number of hydrogen-bond acceptors (Lipinski definition) is 4. The van der Waals surface area contributed by atoms with E-state index in [0.29, 0.717) is 12.5 Å². The van der Waals surface area contributed by atoms with Gasteiger partial charge in [-0.05, 0) is 32.6 Å². The molecule has 5 nitrogen and oxygen atoms in total. The number of amides is 1. The molecule has 1 fully saturated rings. The van der Waals surface area contributed by atoms with Gasteiger partial charge < -0.3 is 9.32 Å². The van der Waals surface area contributed by atoms with Crippen molar-refractivity contribution in [2.45, 2.75) is 44.6 Å². The molecule has 0 aromatic carbocycles. The van der Waals surface area contributed by atoms with Crippen LogP contribution in [0.1, 0.15) is 43.0 Å². The fourth-order valence-corrected chi connectivity index (χ4v) is 3.67. The number of furan rings is 1. The zero-order valence-corrected chi connectivity index (χ0v) is 13.3. The van der Waals surface area contributed by atoms with Gasteiger partial charge in [0.05, 0.1) is 0 Å². The van der Waals surface area contributed by atoms with Crippen LogP contribution in [0.3, 0.4) is 0 Å². The van der Waals surface area contributed by atoms with E-state index in [9.17, 15) is 13.2 Å². The Morgan fingerprint density at radius 3 is 2.65 bits per heavy atom. The summed E-state index contributed by atoms with van der Waals surface area (Å²) in [6.45, 7) is 6.24. The first-order valence-electron chi connectivity index (χ1n) is 6.58. The van der Waals surface area contributed by atoms with Crippen LogP contribution in [0.15, 0.2) is 15.4 Å². The summed E-state index contributed by atoms with van der Waals surface area (Å²) in [5.41, 5.74) is 0. The van der Waals surface area contributed by atoms with Crippen molar-refractivity contribution in [1.29, 1.82) is 0 Å². The summed E-state index contributed by atoms with van der Waals surface area (Å²) < 4.78 is 28.0. The third kappa shape index (κ3) is 2.86. The highest BCUT2D eigenvalue weighted by Gasteiger charge is 2.32. The summed E-state index contributed by atoms with van der Waals surface area (Å²) in [5.74, 6) is 0.308. The molecule has 0 saturated carbocycles. The minimum Gasteiger partial charge on any atom is -0.455 e. The van der Waals surface area contributed by atoms with E-state index in [1.165, 1.54) is 13.0 Å². The fraction of sp³-hybridized carbons (Fsp3) is 0.615. The van der Waals surface area contributed by atoms with Crippen LogP contribution in [0, 0.1) is 12.8 Å². The van der Waals surface area contributed by atoms with E-state index in [1.807, 2.05) is 6.92 Å². The zero-order valence-electron chi connectivity index (χ0n) is 11.7. The first-order chi connectivity index (χ1) is 9.21. The molecule has 0 N–H and O–H groups in total. The average Bonchev–Trinajstić information content (AvgIpc) is 2.74. The molecule has 0 spiro atoms. The maximum Gasteiger partial charge on any atom is 0.289 e. The molecule has 1 aliphatic rings. The minimum atomic E-state index is -3.89. The summed E-state index contributed by atoms with van der Waals surface area (Å²) in [5, 5.41) is 0. The lowest BCUT2D eigenvalue weighted by Crippen LogP contribution is -2.45. The molecular weight excluding hydrogens is 302 g/mol. The Balaban J connectivity index is 2.30. The van der Waals surface area contributed by atoms with Crippen LogP contribution in [0.4, 0.5) is 0 Å². The van der Waals surface area contributed by atoms with E-state index in [4.69, 9.17) is 15.1 Å². The molecule has 1 aromatic heterocycles. The number of rotatable bonds is 2. The van der Waals surface area contributed by atoms with Gasteiger partial charge in [0.15, 0.2) is 5.76 Å². The molecular formula is C13H18ClNO4S. The van der Waals surface area contributed by atoms with Gasteiger partial charge in [-0.25, -0.2) is 8.42 Å². The predicted octanol–water partition coefficient (Wildman–Crippen LogP) is 2.78. The molecule has 1 aliphatic heterocycles. The second-order valence-electron chi connectivity index (χ2n) is 5.33. The smallest absolute Gasteiger partial charge is 0.289 e. The molecule has 0 aliphatic carbocycles. The Kier molecular flexibility index (Phi) is 4.16. The van der Waals surface area contributed by atoms with E-state index in [-0.39, 0.29) is 28.4 Å². The third-order valence-electron chi connectivity index (χ3n) is 3.98. The largest absolute Gasteiger partial charge is 0.455 e. The van der Waals surface area contributed by atoms with E-state index in [2.05, 4.69) is 6.92 Å². The number of aryl methyl sites for hydroxylation is 1. The second-order valence-corrected chi connectivity index (χ2v) is 7.86. The van der Waals surface area contributed by atoms with Gasteiger partial charge in [0.2, 0.25) is 0 Å². The van der Waals surface area contributed by atoms with Gasteiger partial charge in [0, 0.05) is 29.3 Å². The van der Waals surface area contributed by atoms with Crippen LogP contribution in [0.2, 0.25) is 0 Å². The molecule has 2 unspecified atom stereocenters. The Morgan fingerprint density at radius 2 is 2.10 bits per heavy atom. The molecule has 112 valence electrons. The number of nitrogens with zero attached hydrogens (tertiary/aromatic N) is 1. The molecule has 2 heterocycles. The Morgan fingerprint density at radius 1 is 1.45 bits per heavy atom. The summed E-state index contributed by atoms with van der Waals surface area (Å²) in [4.78, 5) is 14.0. The van der Waals surface area contributed by atoms with Gasteiger partial charge in [0.1, 0.15) is 10.7 Å². The number of carbonyl (C=O) groups excluding carboxylic acids is 1. The second kappa shape index (κ2) is 5.41. The maximum atomic E-state index is 12.4. The fourth-order valence-electron chi connectivity index (χ4n) is 2.58. The molecule has 0 bridgehead atoms. The van der Waals surface area contributed by atoms with Crippen molar-refractivity contribution in [1.82, 2.24) is 4.90 Å². The van der Waals surface area contributed by atoms with E-state index in [0.717, 1.165) is 12.8 Å². The van der Waals surface area contributed by atoms with Crippen molar-refractivity contribution in [3.8, 4) is 0 Å². The number of piperidine rings is 1. The van der Waals surface area contributed by atoms with Crippen LogP contribution in [0.5, 0.6) is 0 Å². The standard InChI is InChI=1S/C13H18ClNO4S/c1-8-5-4-6-15(9(8)2)13(16)11-7-12(10(3)19-11)20(14,17)18/h7-9H,4-6H2,1-3H3. The zero-order chi connectivity index (χ0) is 15.1. The number of halogens is 1. The van der Waals surface area contributed by atoms with Crippen LogP contribution < -0.4 is 0 Å². The van der Waals surface area contributed by atoms with Crippen molar-refractivity contribution in [3.63, 3.8) is 0 Å². The van der Waals surface area contributed by atoms with Crippen molar-refractivity contribution in [2.75, 3.05) is 6.54 Å². The van der Waals surface area contributed by atoms with Crippen molar-refractivity contribution in [2.24, 2.45) is 5.92 Å². The highest BCUT2D eigenvalue weighted by molar-refractivity contribution is 8.13. The summed E-state index contributed by atoms with van der Waals surface area (Å²) >= 11 is 0. The predicted molar refractivity (Wildman–Crippen MR) is 75.4 cm³/mol. The molecule has 20 heavy (non-hydrogen) atoms. The number of hydrogen-bond donors (Lipinski definition) is 0. The van der Waals surface area contributed by atoms with Crippen molar-refractivity contribution < 1.29 is 17.6 Å². The Labute approximate surface area is 123 Å². The quantitative estimate of drug-likeness (QED) is 0.786. The van der Waals surface area contributed by atoms with Gasteiger partial charge >= 0.3 is 0 Å². The molecule has 1 amide bonds. The Bertz CT molecular complexity index is 622. The van der Waals surface area contributed by atoms with Gasteiger partial charge in [-0.1, -0.05) is 6.92 Å². The normalized spacial score (nSPS) is 23.9. The van der Waals surface area contributed by atoms with Crippen molar-refractivity contribution >= 4 is 25.6 Å². The van der Waals surface area contributed by atoms with Crippen LogP contribution in [0.25, 0.3) is 0 Å². The van der Waals surface area contributed by atoms with Gasteiger partial charge in [-0.15, -0.1) is 0 Å². The lowest BCUT2D eigenvalue weighted by Gasteiger charge is -2.37. The average molecular weight is 320 g/mol. The highest BCUT2D eigenvalue weighted by atomic mass is 35.7. The van der Waals surface area contributed by atoms with Gasteiger partial charge in [-0.2, -0.15) is 0 Å². The minimum absolute atomic E-state index is 0.0303. The topological polar surface area (TPSA) is 67.6 Å². The monoisotopic (exact) mass is 319 g/mol. The first kappa shape index (κ1) is 15.4. The maximum absolute atomic E-state index is 12.4. The highest BCUT2D eigenvalue weighted by Crippen LogP contribution is 2.28. The van der Waals surface area contributed by atoms with Crippen LogP contribution >= 0.6 is 10.7 Å². The lowest BCUT2D eigenvalue weighted by atomic mass is 9.92. The number of carbonyl (C=O) groups is 1. The van der Waals surface area contributed by atoms with E-state index < -0.39 is 9.05 Å². The summed E-state index contributed by atoms with van der Waals surface area (Å²) in [7, 11) is 1.41. The summed E-state index contributed by atoms with van der Waals surface area (Å²) in [6, 6.07) is 1.32. The molecule has 1 aromatic rings. The SMILES string of the molecule is Cc1oc(C(=O)N2CCCC(C)C2C)cc1S(=O)(=O)Cl. The van der Waals surface area contributed by atoms with Gasteiger partial charge in [-0.3, -0.25) is 4.79 Å². The van der Waals surface area contributed by atoms with Crippen LogP contribution in [-0.4, -0.2) is 31.8 Å². The van der Waals surface area contributed by atoms with Crippen LogP contribution in [-0.2, 0) is 9.05 Å². The molecule has 2 atom stereocenters.